The number of carbonyl (C=O) groups is 1. The van der Waals surface area contributed by atoms with E-state index in [1.807, 2.05) is 0 Å². The molecule has 0 bridgehead atoms. The highest BCUT2D eigenvalue weighted by Crippen LogP contribution is 2.36. The lowest BCUT2D eigenvalue weighted by molar-refractivity contribution is -0.143. The van der Waals surface area contributed by atoms with Crippen LogP contribution in [0.1, 0.15) is 37.9 Å². The van der Waals surface area contributed by atoms with Gasteiger partial charge in [-0.25, -0.2) is 14.2 Å². The number of aromatic nitrogens is 1. The van der Waals surface area contributed by atoms with E-state index in [9.17, 15) is 14.0 Å². The molecular weight excluding hydrogens is 531 g/mol. The van der Waals surface area contributed by atoms with Crippen LogP contribution in [0.3, 0.4) is 0 Å². The molecule has 0 radical (unpaired) electrons. The highest BCUT2D eigenvalue weighted by atomic mass is 35.5. The van der Waals surface area contributed by atoms with Crippen molar-refractivity contribution in [3.05, 3.63) is 102 Å². The number of hydrogen-bond acceptors (Lipinski definition) is 7. The Morgan fingerprint density at radius 3 is 2.71 bits per heavy atom. The van der Waals surface area contributed by atoms with Gasteiger partial charge in [0.1, 0.15) is 12.4 Å². The molecule has 38 heavy (non-hydrogen) atoms. The number of methoxy groups -OCH3 is 1. The van der Waals surface area contributed by atoms with Crippen molar-refractivity contribution in [2.75, 3.05) is 13.7 Å². The van der Waals surface area contributed by atoms with Crippen molar-refractivity contribution in [3.8, 4) is 11.5 Å². The number of fused-ring (bicyclic) bond motifs is 1. The van der Waals surface area contributed by atoms with Gasteiger partial charge in [0.2, 0.25) is 0 Å². The van der Waals surface area contributed by atoms with E-state index in [-0.39, 0.29) is 33.4 Å². The Bertz CT molecular complexity index is 1600. The zero-order valence-corrected chi connectivity index (χ0v) is 22.9. The largest absolute Gasteiger partial charge is 0.493 e. The molecule has 7 nitrogen and oxygen atoms in total. The summed E-state index contributed by atoms with van der Waals surface area (Å²) < 4.78 is 32.9. The zero-order valence-electron chi connectivity index (χ0n) is 21.3. The van der Waals surface area contributed by atoms with Gasteiger partial charge in [-0.2, -0.15) is 0 Å². The quantitative estimate of drug-likeness (QED) is 0.300. The van der Waals surface area contributed by atoms with Gasteiger partial charge in [0.25, 0.3) is 5.56 Å². The van der Waals surface area contributed by atoms with E-state index in [4.69, 9.17) is 25.8 Å². The maximum Gasteiger partial charge on any atom is 0.338 e. The van der Waals surface area contributed by atoms with Crippen molar-refractivity contribution in [2.45, 2.75) is 32.9 Å². The van der Waals surface area contributed by atoms with Gasteiger partial charge >= 0.3 is 5.97 Å². The van der Waals surface area contributed by atoms with E-state index >= 15 is 0 Å². The van der Waals surface area contributed by atoms with Gasteiger partial charge in [0.15, 0.2) is 16.3 Å². The third-order valence-corrected chi connectivity index (χ3v) is 7.03. The fourth-order valence-electron chi connectivity index (χ4n) is 4.08. The van der Waals surface area contributed by atoms with Gasteiger partial charge in [0.05, 0.1) is 40.1 Å². The number of halogens is 2. The molecule has 3 aromatic rings. The van der Waals surface area contributed by atoms with Crippen LogP contribution >= 0.6 is 22.9 Å². The van der Waals surface area contributed by atoms with Crippen molar-refractivity contribution >= 4 is 35.0 Å². The maximum absolute atomic E-state index is 14.5. The van der Waals surface area contributed by atoms with E-state index in [1.54, 1.807) is 51.1 Å². The van der Waals surface area contributed by atoms with Crippen molar-refractivity contribution in [3.63, 3.8) is 0 Å². The minimum atomic E-state index is -0.877. The van der Waals surface area contributed by atoms with Crippen molar-refractivity contribution in [2.24, 2.45) is 4.99 Å². The summed E-state index contributed by atoms with van der Waals surface area (Å²) in [4.78, 5) is 31.9. The third-order valence-electron chi connectivity index (χ3n) is 5.72. The summed E-state index contributed by atoms with van der Waals surface area (Å²) in [5.41, 5.74) is 0.837. The summed E-state index contributed by atoms with van der Waals surface area (Å²) in [5.74, 6) is -0.263. The smallest absolute Gasteiger partial charge is 0.338 e. The van der Waals surface area contributed by atoms with Crippen LogP contribution < -0.4 is 24.4 Å². The summed E-state index contributed by atoms with van der Waals surface area (Å²) in [6.07, 6.45) is 2.62. The monoisotopic (exact) mass is 556 g/mol. The second-order valence-corrected chi connectivity index (χ2v) is 10.1. The normalized spacial score (nSPS) is 15.2. The van der Waals surface area contributed by atoms with Crippen LogP contribution in [0.25, 0.3) is 6.08 Å². The van der Waals surface area contributed by atoms with E-state index in [0.29, 0.717) is 27.6 Å². The number of esters is 1. The number of hydrogen-bond donors (Lipinski definition) is 0. The Morgan fingerprint density at radius 1 is 1.29 bits per heavy atom. The molecule has 0 saturated carbocycles. The predicted octanol–water partition coefficient (Wildman–Crippen LogP) is 4.55. The molecule has 0 fully saturated rings. The van der Waals surface area contributed by atoms with E-state index in [0.717, 1.165) is 11.3 Å². The van der Waals surface area contributed by atoms with E-state index in [1.165, 1.54) is 29.9 Å². The minimum Gasteiger partial charge on any atom is -0.493 e. The summed E-state index contributed by atoms with van der Waals surface area (Å²) >= 11 is 7.28. The SMILES string of the molecule is C=CCOc1ccc(C2C(C(=O)OC(C)C)=C(C)N=c3sc(=Cc4c(F)cccc4Cl)c(=O)n32)cc1OC. The molecule has 1 unspecified atom stereocenters. The Labute approximate surface area is 227 Å². The molecule has 4 rings (SSSR count). The molecule has 1 aliphatic heterocycles. The fourth-order valence-corrected chi connectivity index (χ4v) is 5.32. The third kappa shape index (κ3) is 5.30. The number of thiazole rings is 1. The van der Waals surface area contributed by atoms with Gasteiger partial charge < -0.3 is 14.2 Å². The predicted molar refractivity (Wildman–Crippen MR) is 145 cm³/mol. The van der Waals surface area contributed by atoms with Crippen LogP contribution in [-0.2, 0) is 9.53 Å². The van der Waals surface area contributed by atoms with E-state index in [2.05, 4.69) is 11.6 Å². The lowest BCUT2D eigenvalue weighted by atomic mass is 9.95. The lowest BCUT2D eigenvalue weighted by Crippen LogP contribution is -2.40. The van der Waals surface area contributed by atoms with Crippen LogP contribution in [0.4, 0.5) is 4.39 Å². The maximum atomic E-state index is 14.5. The molecule has 0 amide bonds. The minimum absolute atomic E-state index is 0.0940. The number of rotatable bonds is 8. The van der Waals surface area contributed by atoms with Gasteiger partial charge in [0, 0.05) is 5.56 Å². The molecule has 0 aliphatic carbocycles. The average molecular weight is 557 g/mol. The first-order valence-corrected chi connectivity index (χ1v) is 12.9. The van der Waals surface area contributed by atoms with Crippen LogP contribution in [0.15, 0.2) is 70.1 Å². The Kier molecular flexibility index (Phi) is 8.18. The fraction of sp³-hybridized carbons (Fsp3) is 0.250. The Hall–Kier alpha value is -3.69. The second-order valence-electron chi connectivity index (χ2n) is 8.68. The van der Waals surface area contributed by atoms with Crippen LogP contribution in [0.2, 0.25) is 5.02 Å². The number of nitrogens with zero attached hydrogens (tertiary/aromatic N) is 2. The van der Waals surface area contributed by atoms with Crippen LogP contribution in [-0.4, -0.2) is 30.4 Å². The second kappa shape index (κ2) is 11.4. The molecule has 2 heterocycles. The zero-order chi connectivity index (χ0) is 27.6. The molecule has 10 heteroatoms. The average Bonchev–Trinajstić information content (AvgIpc) is 3.17. The molecule has 1 aliphatic rings. The topological polar surface area (TPSA) is 79.1 Å². The first-order valence-electron chi connectivity index (χ1n) is 11.8. The molecule has 0 saturated heterocycles. The molecule has 0 N–H and O–H groups in total. The lowest BCUT2D eigenvalue weighted by Gasteiger charge is -2.26. The molecule has 2 aromatic carbocycles. The van der Waals surface area contributed by atoms with Gasteiger partial charge in [-0.05, 0) is 56.7 Å². The summed E-state index contributed by atoms with van der Waals surface area (Å²) in [6.45, 7) is 9.10. The first kappa shape index (κ1) is 27.3. The molecular formula is C28H26ClFN2O5S. The van der Waals surface area contributed by atoms with Crippen molar-refractivity contribution in [1.82, 2.24) is 4.57 Å². The van der Waals surface area contributed by atoms with Crippen molar-refractivity contribution in [1.29, 1.82) is 0 Å². The molecule has 1 atom stereocenters. The standard InChI is InChI=1S/C28H26ClFN2O5S/c1-6-12-36-21-11-10-17(13-22(21)35-5)25-24(27(34)37-15(2)3)16(4)31-28-32(25)26(33)23(38-28)14-18-19(29)8-7-9-20(18)30/h6-11,13-15,25H,1,12H2,2-5H3. The number of benzene rings is 2. The van der Waals surface area contributed by atoms with Gasteiger partial charge in [-0.1, -0.05) is 47.7 Å². The van der Waals surface area contributed by atoms with Gasteiger partial charge in [-0.3, -0.25) is 9.36 Å². The van der Waals surface area contributed by atoms with Gasteiger partial charge in [-0.15, -0.1) is 0 Å². The molecule has 1 aromatic heterocycles. The summed E-state index contributed by atoms with van der Waals surface area (Å²) in [6, 6.07) is 8.58. The highest BCUT2D eigenvalue weighted by Gasteiger charge is 2.34. The van der Waals surface area contributed by atoms with Crippen LogP contribution in [0, 0.1) is 5.82 Å². The van der Waals surface area contributed by atoms with Crippen molar-refractivity contribution < 1.29 is 23.4 Å². The first-order chi connectivity index (χ1) is 18.2. The highest BCUT2D eigenvalue weighted by molar-refractivity contribution is 7.07. The Balaban J connectivity index is 1.97. The molecule has 0 spiro atoms. The Morgan fingerprint density at radius 2 is 2.05 bits per heavy atom. The number of allylic oxidation sites excluding steroid dienone is 1. The summed E-state index contributed by atoms with van der Waals surface area (Å²) in [7, 11) is 1.50. The van der Waals surface area contributed by atoms with E-state index < -0.39 is 23.4 Å². The number of ether oxygens (including phenoxy) is 3. The van der Waals surface area contributed by atoms with Crippen LogP contribution in [0.5, 0.6) is 11.5 Å². The summed E-state index contributed by atoms with van der Waals surface area (Å²) in [5, 5.41) is 0.171. The number of carbonyl (C=O) groups excluding carboxylic acids is 1. The molecule has 198 valence electrons.